The van der Waals surface area contributed by atoms with Gasteiger partial charge in [0.1, 0.15) is 5.01 Å². The molecule has 1 heterocycles. The van der Waals surface area contributed by atoms with Crippen molar-refractivity contribution in [1.82, 2.24) is 9.88 Å². The molecule has 0 radical (unpaired) electrons. The Kier molecular flexibility index (Phi) is 4.52. The lowest BCUT2D eigenvalue weighted by molar-refractivity contribution is 0.0595. The number of aromatic nitrogens is 1. The van der Waals surface area contributed by atoms with Crippen LogP contribution < -0.4 is 0 Å². The number of rotatable bonds is 4. The van der Waals surface area contributed by atoms with E-state index < -0.39 is 0 Å². The smallest absolute Gasteiger partial charge is 0.358 e. The number of ether oxygens (including phenoxy) is 1. The van der Waals surface area contributed by atoms with Crippen molar-refractivity contribution in [3.63, 3.8) is 0 Å². The molecule has 0 aliphatic rings. The second kappa shape index (κ2) is 6.15. The molecule has 1 aromatic carbocycles. The van der Waals surface area contributed by atoms with E-state index in [1.807, 2.05) is 50.2 Å². The molecule has 0 bridgehead atoms. The van der Waals surface area contributed by atoms with E-state index in [1.165, 1.54) is 7.11 Å². The van der Waals surface area contributed by atoms with Gasteiger partial charge in [0.05, 0.1) is 12.0 Å². The molecular weight excluding hydrogens is 272 g/mol. The Morgan fingerprint density at radius 2 is 2.05 bits per heavy atom. The second-order valence-corrected chi connectivity index (χ2v) is 5.91. The Morgan fingerprint density at radius 3 is 2.65 bits per heavy atom. The van der Waals surface area contributed by atoms with Gasteiger partial charge >= 0.3 is 5.97 Å². The van der Waals surface area contributed by atoms with Crippen LogP contribution in [0.3, 0.4) is 0 Å². The molecule has 0 aliphatic heterocycles. The van der Waals surface area contributed by atoms with Crippen molar-refractivity contribution >= 4 is 17.3 Å². The summed E-state index contributed by atoms with van der Waals surface area (Å²) in [4.78, 5) is 19.3. The van der Waals surface area contributed by atoms with E-state index in [-0.39, 0.29) is 5.97 Å². The van der Waals surface area contributed by atoms with Crippen molar-refractivity contribution in [3.05, 3.63) is 40.5 Å². The summed E-state index contributed by atoms with van der Waals surface area (Å²) < 4.78 is 4.85. The maximum atomic E-state index is 11.9. The second-order valence-electron chi connectivity index (χ2n) is 4.83. The summed E-state index contributed by atoms with van der Waals surface area (Å²) in [5.74, 6) is -0.385. The zero-order chi connectivity index (χ0) is 14.7. The van der Waals surface area contributed by atoms with E-state index in [0.717, 1.165) is 21.0 Å². The fourth-order valence-electron chi connectivity index (χ4n) is 1.95. The van der Waals surface area contributed by atoms with Gasteiger partial charge in [-0.1, -0.05) is 24.3 Å². The van der Waals surface area contributed by atoms with Gasteiger partial charge in [0, 0.05) is 6.54 Å². The molecule has 0 N–H and O–H groups in total. The molecule has 0 atom stereocenters. The number of thiazole rings is 1. The third-order valence-electron chi connectivity index (χ3n) is 2.89. The lowest BCUT2D eigenvalue weighted by Crippen LogP contribution is -2.11. The summed E-state index contributed by atoms with van der Waals surface area (Å²) in [5.41, 5.74) is 2.57. The Labute approximate surface area is 123 Å². The topological polar surface area (TPSA) is 42.4 Å². The third-order valence-corrected chi connectivity index (χ3v) is 3.96. The fraction of sp³-hybridized carbons (Fsp3) is 0.333. The monoisotopic (exact) mass is 290 g/mol. The van der Waals surface area contributed by atoms with Crippen LogP contribution >= 0.6 is 11.3 Å². The van der Waals surface area contributed by atoms with Crippen molar-refractivity contribution in [3.8, 4) is 10.4 Å². The minimum Gasteiger partial charge on any atom is -0.464 e. The van der Waals surface area contributed by atoms with Gasteiger partial charge in [-0.3, -0.25) is 0 Å². The Morgan fingerprint density at radius 1 is 1.35 bits per heavy atom. The van der Waals surface area contributed by atoms with E-state index in [2.05, 4.69) is 4.98 Å². The number of carbonyl (C=O) groups excluding carboxylic acids is 1. The van der Waals surface area contributed by atoms with Gasteiger partial charge < -0.3 is 9.64 Å². The molecule has 0 saturated heterocycles. The van der Waals surface area contributed by atoms with Crippen LogP contribution in [0.15, 0.2) is 24.3 Å². The molecule has 0 amide bonds. The van der Waals surface area contributed by atoms with Gasteiger partial charge in [-0.05, 0) is 32.1 Å². The summed E-state index contributed by atoms with van der Waals surface area (Å²) in [7, 11) is 5.34. The van der Waals surface area contributed by atoms with Gasteiger partial charge in [0.25, 0.3) is 0 Å². The van der Waals surface area contributed by atoms with Crippen LogP contribution in [-0.4, -0.2) is 37.1 Å². The molecule has 2 rings (SSSR count). The van der Waals surface area contributed by atoms with Gasteiger partial charge in [-0.15, -0.1) is 11.3 Å². The fourth-order valence-corrected chi connectivity index (χ4v) is 3.21. The zero-order valence-corrected chi connectivity index (χ0v) is 13.0. The number of benzene rings is 1. The number of carbonyl (C=O) groups is 1. The van der Waals surface area contributed by atoms with Crippen LogP contribution in [0.1, 0.15) is 21.1 Å². The summed E-state index contributed by atoms with van der Waals surface area (Å²) in [5, 5.41) is 0.911. The van der Waals surface area contributed by atoms with E-state index >= 15 is 0 Å². The summed E-state index contributed by atoms with van der Waals surface area (Å²) >= 11 is 1.55. The van der Waals surface area contributed by atoms with E-state index in [1.54, 1.807) is 11.3 Å². The highest BCUT2D eigenvalue weighted by molar-refractivity contribution is 7.15. The van der Waals surface area contributed by atoms with Gasteiger partial charge in [0.15, 0.2) is 5.69 Å². The van der Waals surface area contributed by atoms with Gasteiger partial charge in [-0.2, -0.15) is 0 Å². The molecule has 5 heteroatoms. The number of nitrogens with zero attached hydrogens (tertiary/aromatic N) is 2. The highest BCUT2D eigenvalue weighted by Crippen LogP contribution is 2.33. The molecule has 0 saturated carbocycles. The Hall–Kier alpha value is -1.72. The minimum absolute atomic E-state index is 0.385. The normalized spacial score (nSPS) is 10.8. The highest BCUT2D eigenvalue weighted by atomic mass is 32.1. The Bertz CT molecular complexity index is 620. The first-order chi connectivity index (χ1) is 9.52. The molecule has 106 valence electrons. The number of aryl methyl sites for hydroxylation is 1. The van der Waals surface area contributed by atoms with E-state index in [0.29, 0.717) is 12.2 Å². The van der Waals surface area contributed by atoms with Gasteiger partial charge in [-0.25, -0.2) is 9.78 Å². The SMILES string of the molecule is COC(=O)c1nc(CN(C)C)sc1-c1ccccc1C. The lowest BCUT2D eigenvalue weighted by Gasteiger charge is -2.05. The minimum atomic E-state index is -0.385. The first-order valence-electron chi connectivity index (χ1n) is 6.31. The summed E-state index contributed by atoms with van der Waals surface area (Å²) in [6.07, 6.45) is 0. The maximum Gasteiger partial charge on any atom is 0.358 e. The lowest BCUT2D eigenvalue weighted by atomic mass is 10.1. The van der Waals surface area contributed by atoms with Crippen molar-refractivity contribution < 1.29 is 9.53 Å². The maximum absolute atomic E-state index is 11.9. The summed E-state index contributed by atoms with van der Waals surface area (Å²) in [6.45, 7) is 2.74. The first kappa shape index (κ1) is 14.7. The molecular formula is C15H18N2O2S. The molecule has 4 nitrogen and oxygen atoms in total. The molecule has 0 unspecified atom stereocenters. The van der Waals surface area contributed by atoms with Crippen LogP contribution in [0.4, 0.5) is 0 Å². The van der Waals surface area contributed by atoms with Crippen molar-refractivity contribution in [2.75, 3.05) is 21.2 Å². The number of hydrogen-bond donors (Lipinski definition) is 0. The summed E-state index contributed by atoms with van der Waals surface area (Å²) in [6, 6.07) is 7.99. The molecule has 0 aliphatic carbocycles. The predicted octanol–water partition coefficient (Wildman–Crippen LogP) is 2.97. The molecule has 1 aromatic heterocycles. The average Bonchev–Trinajstić information content (AvgIpc) is 2.81. The quantitative estimate of drug-likeness (QED) is 0.812. The molecule has 0 fully saturated rings. The largest absolute Gasteiger partial charge is 0.464 e. The molecule has 2 aromatic rings. The van der Waals surface area contributed by atoms with E-state index in [4.69, 9.17) is 4.74 Å². The highest BCUT2D eigenvalue weighted by Gasteiger charge is 2.21. The van der Waals surface area contributed by atoms with Crippen LogP contribution in [0, 0.1) is 6.92 Å². The standard InChI is InChI=1S/C15H18N2O2S/c1-10-7-5-6-8-11(10)14-13(15(18)19-4)16-12(20-14)9-17(2)3/h5-8H,9H2,1-4H3. The van der Waals surface area contributed by atoms with Gasteiger partial charge in [0.2, 0.25) is 0 Å². The van der Waals surface area contributed by atoms with Crippen molar-refractivity contribution in [2.45, 2.75) is 13.5 Å². The van der Waals surface area contributed by atoms with Crippen LogP contribution in [0.2, 0.25) is 0 Å². The van der Waals surface area contributed by atoms with Crippen molar-refractivity contribution in [2.24, 2.45) is 0 Å². The van der Waals surface area contributed by atoms with Crippen molar-refractivity contribution in [1.29, 1.82) is 0 Å². The van der Waals surface area contributed by atoms with Crippen LogP contribution in [-0.2, 0) is 11.3 Å². The molecule has 20 heavy (non-hydrogen) atoms. The molecule has 0 spiro atoms. The van der Waals surface area contributed by atoms with Crippen LogP contribution in [0.25, 0.3) is 10.4 Å². The zero-order valence-electron chi connectivity index (χ0n) is 12.1. The average molecular weight is 290 g/mol. The van der Waals surface area contributed by atoms with Crippen LogP contribution in [0.5, 0.6) is 0 Å². The third kappa shape index (κ3) is 3.05. The van der Waals surface area contributed by atoms with E-state index in [9.17, 15) is 4.79 Å². The number of esters is 1. The first-order valence-corrected chi connectivity index (χ1v) is 7.13. The Balaban J connectivity index is 2.53. The number of hydrogen-bond acceptors (Lipinski definition) is 5. The number of methoxy groups -OCH3 is 1. The predicted molar refractivity (Wildman–Crippen MR) is 81.0 cm³/mol.